The molecule has 11 nitrogen and oxygen atoms in total. The van der Waals surface area contributed by atoms with Crippen LogP contribution < -0.4 is 11.0 Å². The first-order chi connectivity index (χ1) is 24.5. The minimum absolute atomic E-state index is 0.0237. The van der Waals surface area contributed by atoms with E-state index in [9.17, 15) is 14.7 Å². The van der Waals surface area contributed by atoms with Crippen LogP contribution in [0.25, 0.3) is 22.1 Å². The number of fused-ring (bicyclic) bond motifs is 2. The lowest BCUT2D eigenvalue weighted by Gasteiger charge is -2.40. The second-order valence-corrected chi connectivity index (χ2v) is 13.0. The van der Waals surface area contributed by atoms with Gasteiger partial charge in [-0.15, -0.1) is 0 Å². The van der Waals surface area contributed by atoms with E-state index in [1.165, 1.54) is 6.20 Å². The predicted octanol–water partition coefficient (Wildman–Crippen LogP) is 5.90. The van der Waals surface area contributed by atoms with Crippen LogP contribution in [-0.2, 0) is 16.1 Å². The lowest BCUT2D eigenvalue weighted by Crippen LogP contribution is -2.43. The first-order valence-corrected chi connectivity index (χ1v) is 17.1. The molecule has 1 amide bonds. The highest BCUT2D eigenvalue weighted by Crippen LogP contribution is 2.39. The molecular weight excluding hydrogens is 632 g/mol. The minimum atomic E-state index is -0.670. The number of imidazole rings is 1. The highest BCUT2D eigenvalue weighted by Gasteiger charge is 2.34. The summed E-state index contributed by atoms with van der Waals surface area (Å²) in [5, 5.41) is 12.5. The van der Waals surface area contributed by atoms with E-state index in [0.29, 0.717) is 17.6 Å². The molecule has 0 unspecified atom stereocenters. The normalized spacial score (nSPS) is 20.3. The Labute approximate surface area is 288 Å². The number of H-pyrrole nitrogens is 1. The monoisotopic (exact) mass is 670 g/mol. The van der Waals surface area contributed by atoms with E-state index in [2.05, 4.69) is 25.2 Å². The van der Waals surface area contributed by atoms with Gasteiger partial charge in [-0.05, 0) is 60.4 Å². The Morgan fingerprint density at radius 2 is 1.68 bits per heavy atom. The van der Waals surface area contributed by atoms with Crippen LogP contribution in [0.15, 0.2) is 108 Å². The fraction of sp³-hybridized carbons (Fsp3) is 0.282. The molecule has 11 heteroatoms. The summed E-state index contributed by atoms with van der Waals surface area (Å²) in [7, 11) is 0. The molecule has 0 spiro atoms. The van der Waals surface area contributed by atoms with E-state index in [0.717, 1.165) is 65.7 Å². The molecule has 2 aliphatic rings. The van der Waals surface area contributed by atoms with Crippen LogP contribution in [0.5, 0.6) is 0 Å². The van der Waals surface area contributed by atoms with E-state index in [1.807, 2.05) is 102 Å². The SMILES string of the molecule is O=C(Nc1cccc([C@H]2O[C@@H](CN3CCC(n4c(=O)[nH]c5ccccc54)CC3)C[C@@H](c3ccc(CO)cc3)O2)c1)c1cnc2ccccc2n1. The van der Waals surface area contributed by atoms with Gasteiger partial charge in [-0.3, -0.25) is 14.3 Å². The van der Waals surface area contributed by atoms with E-state index in [1.54, 1.807) is 0 Å². The number of anilines is 1. The number of carbonyl (C=O) groups excluding carboxylic acids is 1. The van der Waals surface area contributed by atoms with E-state index >= 15 is 0 Å². The standard InChI is InChI=1S/C39H38N6O5/c46-24-25-12-14-26(15-13-25)36-21-30(23-44-18-16-29(17-19-44)45-35-11-4-3-10-33(35)43-39(45)48)49-38(50-36)27-6-5-7-28(20-27)41-37(47)34-22-40-31-8-1-2-9-32(31)42-34/h1-15,20,22,29-30,36,38,46H,16-19,21,23-24H2,(H,41,47)(H,43,48)/t30-,36+,38+/m1/s1. The third-order valence-electron chi connectivity index (χ3n) is 9.72. The van der Waals surface area contributed by atoms with Crippen LogP contribution >= 0.6 is 0 Å². The molecule has 0 bridgehead atoms. The summed E-state index contributed by atoms with van der Waals surface area (Å²) >= 11 is 0. The zero-order valence-corrected chi connectivity index (χ0v) is 27.4. The van der Waals surface area contributed by atoms with E-state index in [-0.39, 0.29) is 42.1 Å². The number of aliphatic hydroxyl groups is 1. The number of hydrogen-bond donors (Lipinski definition) is 3. The number of hydrogen-bond acceptors (Lipinski definition) is 8. The number of nitrogens with zero attached hydrogens (tertiary/aromatic N) is 4. The molecule has 4 heterocycles. The van der Waals surface area contributed by atoms with Crippen LogP contribution in [0.3, 0.4) is 0 Å². The fourth-order valence-electron chi connectivity index (χ4n) is 7.14. The number of amides is 1. The number of aromatic amines is 1. The number of ether oxygens (including phenoxy) is 2. The van der Waals surface area contributed by atoms with Gasteiger partial charge in [0.15, 0.2) is 6.29 Å². The Morgan fingerprint density at radius 3 is 2.50 bits per heavy atom. The minimum Gasteiger partial charge on any atom is -0.392 e. The molecule has 0 aliphatic carbocycles. The van der Waals surface area contributed by atoms with E-state index < -0.39 is 6.29 Å². The lowest BCUT2D eigenvalue weighted by atomic mass is 9.98. The van der Waals surface area contributed by atoms with Crippen LogP contribution in [-0.4, -0.2) is 61.2 Å². The molecular formula is C39H38N6O5. The zero-order valence-electron chi connectivity index (χ0n) is 27.4. The number of carbonyl (C=O) groups is 1. The summed E-state index contributed by atoms with van der Waals surface area (Å²) in [6.45, 7) is 2.38. The van der Waals surface area contributed by atoms with Gasteiger partial charge in [0.25, 0.3) is 5.91 Å². The van der Waals surface area contributed by atoms with Crippen LogP contribution in [0.4, 0.5) is 5.69 Å². The molecule has 2 aliphatic heterocycles. The average molecular weight is 671 g/mol. The van der Waals surface area contributed by atoms with Crippen molar-refractivity contribution in [3.63, 3.8) is 0 Å². The van der Waals surface area contributed by atoms with Gasteiger partial charge in [-0.2, -0.15) is 0 Å². The van der Waals surface area contributed by atoms with Crippen molar-refractivity contribution in [1.82, 2.24) is 24.4 Å². The Bertz CT molecular complexity index is 2190. The quantitative estimate of drug-likeness (QED) is 0.182. The molecule has 2 saturated heterocycles. The molecule has 2 aromatic heterocycles. The number of nitrogens with one attached hydrogen (secondary N) is 2. The number of aromatic nitrogens is 4. The highest BCUT2D eigenvalue weighted by molar-refractivity contribution is 6.03. The Morgan fingerprint density at radius 1 is 0.900 bits per heavy atom. The second kappa shape index (κ2) is 14.0. The van der Waals surface area contributed by atoms with Gasteiger partial charge in [0.1, 0.15) is 5.69 Å². The highest BCUT2D eigenvalue weighted by atomic mass is 16.7. The summed E-state index contributed by atoms with van der Waals surface area (Å²) < 4.78 is 15.1. The molecule has 2 fully saturated rings. The summed E-state index contributed by atoms with van der Waals surface area (Å²) in [4.78, 5) is 40.3. The maximum Gasteiger partial charge on any atom is 0.326 e. The van der Waals surface area contributed by atoms with Crippen LogP contribution in [0, 0.1) is 0 Å². The number of rotatable bonds is 8. The number of aliphatic hydroxyl groups excluding tert-OH is 1. The third-order valence-corrected chi connectivity index (χ3v) is 9.72. The van der Waals surface area contributed by atoms with Crippen molar-refractivity contribution < 1.29 is 19.4 Å². The largest absolute Gasteiger partial charge is 0.392 e. The molecule has 8 rings (SSSR count). The summed E-state index contributed by atoms with van der Waals surface area (Å²) in [5.74, 6) is -0.357. The molecule has 3 atom stereocenters. The van der Waals surface area contributed by atoms with Gasteiger partial charge in [0, 0.05) is 43.3 Å². The van der Waals surface area contributed by atoms with Gasteiger partial charge in [0.2, 0.25) is 0 Å². The van der Waals surface area contributed by atoms with E-state index in [4.69, 9.17) is 9.47 Å². The van der Waals surface area contributed by atoms with Gasteiger partial charge >= 0.3 is 5.69 Å². The Kier molecular flexibility index (Phi) is 8.95. The number of para-hydroxylation sites is 4. The molecule has 3 N–H and O–H groups in total. The van der Waals surface area contributed by atoms with Gasteiger partial charge < -0.3 is 29.8 Å². The van der Waals surface area contributed by atoms with Gasteiger partial charge in [0.05, 0.1) is 47.1 Å². The van der Waals surface area contributed by atoms with Crippen molar-refractivity contribution in [3.8, 4) is 0 Å². The van der Waals surface area contributed by atoms with Gasteiger partial charge in [-0.25, -0.2) is 9.78 Å². The maximum atomic E-state index is 13.2. The van der Waals surface area contributed by atoms with Crippen LogP contribution in [0.2, 0.25) is 0 Å². The Hall–Kier alpha value is -5.20. The molecule has 0 radical (unpaired) electrons. The molecule has 50 heavy (non-hydrogen) atoms. The van der Waals surface area contributed by atoms with Crippen molar-refractivity contribution in [2.75, 3.05) is 25.0 Å². The lowest BCUT2D eigenvalue weighted by molar-refractivity contribution is -0.253. The first kappa shape index (κ1) is 32.0. The van der Waals surface area contributed by atoms with Crippen molar-refractivity contribution in [2.24, 2.45) is 0 Å². The summed E-state index contributed by atoms with van der Waals surface area (Å²) in [6, 6.07) is 30.8. The Balaban J connectivity index is 0.984. The first-order valence-electron chi connectivity index (χ1n) is 17.1. The summed E-state index contributed by atoms with van der Waals surface area (Å²) in [5.41, 5.74) is 6.59. The number of likely N-dealkylation sites (tertiary alicyclic amines) is 1. The van der Waals surface area contributed by atoms with Crippen molar-refractivity contribution >= 4 is 33.7 Å². The topological polar surface area (TPSA) is 135 Å². The predicted molar refractivity (Wildman–Crippen MR) is 190 cm³/mol. The van der Waals surface area contributed by atoms with Crippen molar-refractivity contribution in [1.29, 1.82) is 0 Å². The number of benzene rings is 4. The van der Waals surface area contributed by atoms with Crippen molar-refractivity contribution in [2.45, 2.75) is 50.4 Å². The molecule has 0 saturated carbocycles. The smallest absolute Gasteiger partial charge is 0.326 e. The third kappa shape index (κ3) is 6.68. The molecule has 6 aromatic rings. The summed E-state index contributed by atoms with van der Waals surface area (Å²) in [6.07, 6.45) is 2.83. The van der Waals surface area contributed by atoms with Crippen molar-refractivity contribution in [3.05, 3.63) is 136 Å². The van der Waals surface area contributed by atoms with Gasteiger partial charge in [-0.1, -0.05) is 60.7 Å². The molecule has 4 aromatic carbocycles. The molecule has 254 valence electrons. The zero-order chi connectivity index (χ0) is 34.0. The fourth-order valence-corrected chi connectivity index (χ4v) is 7.14. The maximum absolute atomic E-state index is 13.2. The number of piperidine rings is 1. The van der Waals surface area contributed by atoms with Crippen LogP contribution in [0.1, 0.15) is 64.9 Å². The second-order valence-electron chi connectivity index (χ2n) is 13.0. The average Bonchev–Trinajstić information content (AvgIpc) is 3.50.